The standard InChI is InChI=1S/C20H19N5O2/c1-13-6-5-7-14(10-13)19-23-20-22-15(11-18(26)25(20)24-19)12-21-16-8-3-4-9-17(16)27-2/h3-11,21H,12H2,1-2H3,(H,22,23,24). The average Bonchev–Trinajstić information content (AvgIpc) is 3.11. The molecule has 0 aliphatic rings. The molecule has 2 N–H and O–H groups in total. The van der Waals surface area contributed by atoms with Crippen LogP contribution in [0.5, 0.6) is 5.75 Å². The molecular weight excluding hydrogens is 342 g/mol. The van der Waals surface area contributed by atoms with Crippen molar-refractivity contribution >= 4 is 11.5 Å². The van der Waals surface area contributed by atoms with Gasteiger partial charge in [-0.05, 0) is 25.1 Å². The molecule has 4 rings (SSSR count). The van der Waals surface area contributed by atoms with Crippen LogP contribution in [0.1, 0.15) is 11.3 Å². The Morgan fingerprint density at radius 1 is 1.15 bits per heavy atom. The Morgan fingerprint density at radius 3 is 2.81 bits per heavy atom. The number of anilines is 1. The predicted octanol–water partition coefficient (Wildman–Crippen LogP) is 3.01. The molecule has 4 aromatic rings. The summed E-state index contributed by atoms with van der Waals surface area (Å²) < 4.78 is 6.61. The van der Waals surface area contributed by atoms with Gasteiger partial charge in [0.15, 0.2) is 5.82 Å². The van der Waals surface area contributed by atoms with Crippen LogP contribution in [0.2, 0.25) is 0 Å². The molecule has 0 aliphatic heterocycles. The molecule has 2 aromatic carbocycles. The van der Waals surface area contributed by atoms with Crippen molar-refractivity contribution in [1.82, 2.24) is 19.6 Å². The zero-order valence-electron chi connectivity index (χ0n) is 15.1. The molecular formula is C20H19N5O2. The number of nitrogens with one attached hydrogen (secondary N) is 2. The minimum atomic E-state index is -0.230. The van der Waals surface area contributed by atoms with E-state index in [9.17, 15) is 4.79 Å². The molecule has 0 bridgehead atoms. The van der Waals surface area contributed by atoms with E-state index in [4.69, 9.17) is 4.74 Å². The minimum Gasteiger partial charge on any atom is -0.495 e. The van der Waals surface area contributed by atoms with Crippen LogP contribution < -0.4 is 15.6 Å². The van der Waals surface area contributed by atoms with E-state index in [1.54, 1.807) is 7.11 Å². The Morgan fingerprint density at radius 2 is 2.00 bits per heavy atom. The molecule has 7 heteroatoms. The highest BCUT2D eigenvalue weighted by Crippen LogP contribution is 2.23. The molecule has 0 aliphatic carbocycles. The fourth-order valence-electron chi connectivity index (χ4n) is 2.92. The number of aromatic nitrogens is 4. The van der Waals surface area contributed by atoms with E-state index in [1.807, 2.05) is 55.5 Å². The Bertz CT molecular complexity index is 1160. The Hall–Kier alpha value is -3.61. The molecule has 0 unspecified atom stereocenters. The second-order valence-electron chi connectivity index (χ2n) is 6.23. The number of H-pyrrole nitrogens is 1. The topological polar surface area (TPSA) is 84.3 Å². The zero-order valence-corrected chi connectivity index (χ0v) is 15.1. The number of para-hydroxylation sites is 2. The van der Waals surface area contributed by atoms with Gasteiger partial charge in [-0.3, -0.25) is 4.79 Å². The van der Waals surface area contributed by atoms with Crippen LogP contribution in [0, 0.1) is 6.92 Å². The molecule has 0 spiro atoms. The Balaban J connectivity index is 1.64. The molecule has 0 atom stereocenters. The SMILES string of the molecule is COc1ccccc1NCc1cc(=O)n2nc(-c3cccc(C)c3)nc2[nH]1. The van der Waals surface area contributed by atoms with Gasteiger partial charge < -0.3 is 15.0 Å². The van der Waals surface area contributed by atoms with E-state index in [1.165, 1.54) is 10.6 Å². The van der Waals surface area contributed by atoms with Crippen molar-refractivity contribution in [3.63, 3.8) is 0 Å². The second kappa shape index (κ2) is 6.95. The summed E-state index contributed by atoms with van der Waals surface area (Å²) >= 11 is 0. The quantitative estimate of drug-likeness (QED) is 0.571. The average molecular weight is 361 g/mol. The second-order valence-corrected chi connectivity index (χ2v) is 6.23. The third kappa shape index (κ3) is 3.39. The van der Waals surface area contributed by atoms with E-state index in [0.717, 1.165) is 22.6 Å². The summed E-state index contributed by atoms with van der Waals surface area (Å²) in [5.74, 6) is 1.67. The van der Waals surface area contributed by atoms with Gasteiger partial charge in [0, 0.05) is 17.3 Å². The molecule has 0 radical (unpaired) electrons. The summed E-state index contributed by atoms with van der Waals surface area (Å²) in [6, 6.07) is 17.0. The summed E-state index contributed by atoms with van der Waals surface area (Å²) in [4.78, 5) is 20.1. The summed E-state index contributed by atoms with van der Waals surface area (Å²) in [6.07, 6.45) is 0. The van der Waals surface area contributed by atoms with Gasteiger partial charge in [0.1, 0.15) is 5.75 Å². The van der Waals surface area contributed by atoms with E-state index in [0.29, 0.717) is 23.8 Å². The number of fused-ring (bicyclic) bond motifs is 1. The van der Waals surface area contributed by atoms with Crippen molar-refractivity contribution in [3.05, 3.63) is 76.2 Å². The number of methoxy groups -OCH3 is 1. The van der Waals surface area contributed by atoms with Crippen molar-refractivity contribution in [2.24, 2.45) is 0 Å². The first kappa shape index (κ1) is 16.8. The van der Waals surface area contributed by atoms with Gasteiger partial charge in [-0.2, -0.15) is 9.50 Å². The number of hydrogen-bond acceptors (Lipinski definition) is 5. The number of ether oxygens (including phenoxy) is 1. The third-order valence-corrected chi connectivity index (χ3v) is 4.24. The van der Waals surface area contributed by atoms with E-state index < -0.39 is 0 Å². The molecule has 0 saturated carbocycles. The fourth-order valence-corrected chi connectivity index (χ4v) is 2.92. The summed E-state index contributed by atoms with van der Waals surface area (Å²) in [5.41, 5.74) is 3.32. The number of aromatic amines is 1. The number of hydrogen-bond donors (Lipinski definition) is 2. The van der Waals surface area contributed by atoms with Crippen molar-refractivity contribution in [2.45, 2.75) is 13.5 Å². The van der Waals surface area contributed by atoms with Gasteiger partial charge in [-0.1, -0.05) is 35.9 Å². The number of aryl methyl sites for hydroxylation is 1. The van der Waals surface area contributed by atoms with Crippen LogP contribution >= 0.6 is 0 Å². The van der Waals surface area contributed by atoms with Gasteiger partial charge in [-0.15, -0.1) is 5.10 Å². The van der Waals surface area contributed by atoms with Crippen molar-refractivity contribution in [1.29, 1.82) is 0 Å². The molecule has 0 saturated heterocycles. The van der Waals surface area contributed by atoms with E-state index in [2.05, 4.69) is 20.4 Å². The predicted molar refractivity (Wildman–Crippen MR) is 104 cm³/mol. The summed E-state index contributed by atoms with van der Waals surface area (Å²) in [6.45, 7) is 2.44. The third-order valence-electron chi connectivity index (χ3n) is 4.24. The Kier molecular flexibility index (Phi) is 4.33. The number of benzene rings is 2. The van der Waals surface area contributed by atoms with Gasteiger partial charge >= 0.3 is 0 Å². The lowest BCUT2D eigenvalue weighted by atomic mass is 10.1. The summed E-state index contributed by atoms with van der Waals surface area (Å²) in [5, 5.41) is 7.60. The first-order chi connectivity index (χ1) is 13.1. The highest BCUT2D eigenvalue weighted by atomic mass is 16.5. The van der Waals surface area contributed by atoms with E-state index in [-0.39, 0.29) is 5.56 Å². The van der Waals surface area contributed by atoms with Crippen molar-refractivity contribution in [2.75, 3.05) is 12.4 Å². The summed E-state index contributed by atoms with van der Waals surface area (Å²) in [7, 11) is 1.62. The van der Waals surface area contributed by atoms with Gasteiger partial charge in [0.25, 0.3) is 5.56 Å². The lowest BCUT2D eigenvalue weighted by molar-refractivity contribution is 0.416. The van der Waals surface area contributed by atoms with Crippen LogP contribution in [0.3, 0.4) is 0 Å². The molecule has 136 valence electrons. The lowest BCUT2D eigenvalue weighted by Gasteiger charge is -2.10. The largest absolute Gasteiger partial charge is 0.495 e. The van der Waals surface area contributed by atoms with Gasteiger partial charge in [0.05, 0.1) is 19.3 Å². The highest BCUT2D eigenvalue weighted by molar-refractivity contribution is 5.58. The first-order valence-electron chi connectivity index (χ1n) is 8.57. The van der Waals surface area contributed by atoms with Crippen molar-refractivity contribution < 1.29 is 4.74 Å². The molecule has 0 fully saturated rings. The molecule has 2 aromatic heterocycles. The highest BCUT2D eigenvalue weighted by Gasteiger charge is 2.10. The van der Waals surface area contributed by atoms with E-state index >= 15 is 0 Å². The fraction of sp³-hybridized carbons (Fsp3) is 0.150. The molecule has 2 heterocycles. The molecule has 27 heavy (non-hydrogen) atoms. The van der Waals surface area contributed by atoms with Crippen molar-refractivity contribution in [3.8, 4) is 17.1 Å². The van der Waals surface area contributed by atoms with Crippen LogP contribution in [-0.2, 0) is 6.54 Å². The number of nitrogens with zero attached hydrogens (tertiary/aromatic N) is 3. The lowest BCUT2D eigenvalue weighted by Crippen LogP contribution is -2.17. The maximum Gasteiger partial charge on any atom is 0.275 e. The maximum absolute atomic E-state index is 12.4. The Labute approximate surface area is 155 Å². The van der Waals surface area contributed by atoms with Crippen LogP contribution in [0.15, 0.2) is 59.4 Å². The molecule has 0 amide bonds. The van der Waals surface area contributed by atoms with Gasteiger partial charge in [-0.25, -0.2) is 0 Å². The van der Waals surface area contributed by atoms with Crippen LogP contribution in [0.4, 0.5) is 5.69 Å². The van der Waals surface area contributed by atoms with Crippen LogP contribution in [0.25, 0.3) is 17.2 Å². The smallest absolute Gasteiger partial charge is 0.275 e. The maximum atomic E-state index is 12.4. The zero-order chi connectivity index (χ0) is 18.8. The monoisotopic (exact) mass is 361 g/mol. The minimum absolute atomic E-state index is 0.230. The van der Waals surface area contributed by atoms with Gasteiger partial charge in [0.2, 0.25) is 5.78 Å². The van der Waals surface area contributed by atoms with Crippen LogP contribution in [-0.4, -0.2) is 26.7 Å². The molecule has 7 nitrogen and oxygen atoms in total. The normalized spacial score (nSPS) is 10.9. The first-order valence-corrected chi connectivity index (χ1v) is 8.57. The number of rotatable bonds is 5.